The van der Waals surface area contributed by atoms with Gasteiger partial charge in [-0.15, -0.1) is 0 Å². The smallest absolute Gasteiger partial charge is 0.407 e. The fraction of sp³-hybridized carbons (Fsp3) is 0.571. The van der Waals surface area contributed by atoms with Gasteiger partial charge in [0.15, 0.2) is 0 Å². The van der Waals surface area contributed by atoms with E-state index in [4.69, 9.17) is 9.94 Å². The molecule has 2 N–H and O–H groups in total. The van der Waals surface area contributed by atoms with Crippen LogP contribution in [-0.2, 0) is 4.84 Å². The second-order valence-corrected chi connectivity index (χ2v) is 3.03. The average Bonchev–Trinajstić information content (AvgIpc) is 2.75. The minimum absolute atomic E-state index is 0.103. The molecule has 0 radical (unpaired) electrons. The molecule has 0 aromatic heterocycles. The number of hydrogen-bond acceptors (Lipinski definition) is 4. The van der Waals surface area contributed by atoms with Crippen molar-refractivity contribution in [1.82, 2.24) is 15.5 Å². The van der Waals surface area contributed by atoms with Gasteiger partial charge in [0.1, 0.15) is 6.26 Å². The van der Waals surface area contributed by atoms with E-state index in [9.17, 15) is 4.79 Å². The summed E-state index contributed by atoms with van der Waals surface area (Å²) in [4.78, 5) is 17.1. The van der Waals surface area contributed by atoms with Crippen LogP contribution in [0, 0.1) is 0 Å². The van der Waals surface area contributed by atoms with E-state index in [0.29, 0.717) is 13.1 Å². The Kier molecular flexibility index (Phi) is 1.97. The molecule has 0 bridgehead atoms. The first kappa shape index (κ1) is 8.18. The third kappa shape index (κ3) is 1.52. The normalized spacial score (nSPS) is 27.4. The lowest BCUT2D eigenvalue weighted by Gasteiger charge is -2.21. The highest BCUT2D eigenvalue weighted by molar-refractivity contribution is 5.65. The van der Waals surface area contributed by atoms with Crippen LogP contribution in [0.1, 0.15) is 6.42 Å². The maximum absolute atomic E-state index is 10.6. The Morgan fingerprint density at radius 2 is 2.54 bits per heavy atom. The van der Waals surface area contributed by atoms with Gasteiger partial charge in [-0.3, -0.25) is 5.43 Å². The fourth-order valence-corrected chi connectivity index (χ4v) is 1.53. The van der Waals surface area contributed by atoms with Gasteiger partial charge in [-0.25, -0.2) is 4.79 Å². The Bertz CT molecular complexity index is 235. The van der Waals surface area contributed by atoms with Crippen molar-refractivity contribution in [3.63, 3.8) is 0 Å². The summed E-state index contributed by atoms with van der Waals surface area (Å²) in [5.41, 5.74) is 2.87. The monoisotopic (exact) mass is 185 g/mol. The second-order valence-electron chi connectivity index (χ2n) is 3.03. The van der Waals surface area contributed by atoms with Crippen LogP contribution in [0.4, 0.5) is 4.79 Å². The largest absolute Gasteiger partial charge is 0.465 e. The Morgan fingerprint density at radius 3 is 3.08 bits per heavy atom. The highest BCUT2D eigenvalue weighted by atomic mass is 16.7. The van der Waals surface area contributed by atoms with Crippen LogP contribution >= 0.6 is 0 Å². The minimum atomic E-state index is -0.866. The zero-order valence-electron chi connectivity index (χ0n) is 7.01. The van der Waals surface area contributed by atoms with E-state index in [-0.39, 0.29) is 6.04 Å². The molecule has 2 aliphatic rings. The van der Waals surface area contributed by atoms with Gasteiger partial charge in [0.05, 0.1) is 12.2 Å². The lowest BCUT2D eigenvalue weighted by molar-refractivity contribution is -0.143. The van der Waals surface area contributed by atoms with E-state index in [1.165, 1.54) is 11.2 Å². The van der Waals surface area contributed by atoms with Crippen molar-refractivity contribution >= 4 is 6.09 Å². The molecule has 0 saturated carbocycles. The van der Waals surface area contributed by atoms with Crippen molar-refractivity contribution in [3.05, 3.63) is 12.5 Å². The second kappa shape index (κ2) is 3.14. The van der Waals surface area contributed by atoms with Crippen molar-refractivity contribution in [2.75, 3.05) is 13.1 Å². The van der Waals surface area contributed by atoms with Gasteiger partial charge in [-0.2, -0.15) is 0 Å². The number of nitrogens with zero attached hydrogens (tertiary/aromatic N) is 2. The summed E-state index contributed by atoms with van der Waals surface area (Å²) in [7, 11) is 0. The lowest BCUT2D eigenvalue weighted by atomic mass is 10.3. The van der Waals surface area contributed by atoms with Gasteiger partial charge in [0.25, 0.3) is 0 Å². The van der Waals surface area contributed by atoms with Crippen molar-refractivity contribution in [2.45, 2.75) is 12.5 Å². The van der Waals surface area contributed by atoms with Crippen LogP contribution in [0.15, 0.2) is 12.5 Å². The molecule has 0 aliphatic carbocycles. The fourth-order valence-electron chi connectivity index (χ4n) is 1.53. The Labute approximate surface area is 75.3 Å². The molecule has 13 heavy (non-hydrogen) atoms. The van der Waals surface area contributed by atoms with Crippen LogP contribution in [-0.4, -0.2) is 40.4 Å². The molecule has 2 heterocycles. The van der Waals surface area contributed by atoms with Gasteiger partial charge < -0.3 is 14.8 Å². The topological polar surface area (TPSA) is 65.0 Å². The van der Waals surface area contributed by atoms with Crippen molar-refractivity contribution in [3.8, 4) is 0 Å². The number of likely N-dealkylation sites (tertiary alicyclic amines) is 1. The molecular formula is C7H11N3O3. The molecule has 1 amide bonds. The molecule has 0 aromatic rings. The van der Waals surface area contributed by atoms with Gasteiger partial charge in [0, 0.05) is 13.1 Å². The number of nitrogens with one attached hydrogen (secondary N) is 1. The van der Waals surface area contributed by atoms with E-state index >= 15 is 0 Å². The van der Waals surface area contributed by atoms with Crippen LogP contribution in [0.5, 0.6) is 0 Å². The number of hydroxylamine groups is 1. The van der Waals surface area contributed by atoms with Crippen LogP contribution < -0.4 is 5.43 Å². The summed E-state index contributed by atoms with van der Waals surface area (Å²) in [6.45, 7) is 1.06. The highest BCUT2D eigenvalue weighted by Crippen LogP contribution is 2.16. The first-order chi connectivity index (χ1) is 6.27. The predicted molar refractivity (Wildman–Crippen MR) is 43.2 cm³/mol. The molecule has 2 rings (SSSR count). The molecule has 6 nitrogen and oxygen atoms in total. The van der Waals surface area contributed by atoms with Crippen LogP contribution in [0.25, 0.3) is 0 Å². The summed E-state index contributed by atoms with van der Waals surface area (Å²) in [5, 5.41) is 10.3. The number of carboxylic acid groups (broad SMARTS) is 1. The molecule has 1 fully saturated rings. The van der Waals surface area contributed by atoms with Gasteiger partial charge in [-0.1, -0.05) is 5.17 Å². The SMILES string of the molecule is O=C(O)N1CCC(N2NC=CO2)C1. The molecule has 0 aromatic carbocycles. The molecular weight excluding hydrogens is 174 g/mol. The zero-order valence-corrected chi connectivity index (χ0v) is 7.01. The number of amides is 1. The van der Waals surface area contributed by atoms with E-state index in [0.717, 1.165) is 6.42 Å². The first-order valence-corrected chi connectivity index (χ1v) is 4.12. The number of hydrazine groups is 1. The molecule has 1 unspecified atom stereocenters. The third-order valence-electron chi connectivity index (χ3n) is 2.21. The Morgan fingerprint density at radius 1 is 1.69 bits per heavy atom. The standard InChI is InChI=1S/C7H11N3O3/c11-7(12)9-3-1-6(5-9)10-8-2-4-13-10/h2,4,6,8H,1,3,5H2,(H,11,12). The van der Waals surface area contributed by atoms with Crippen molar-refractivity contribution in [2.24, 2.45) is 0 Å². The Balaban J connectivity index is 1.87. The van der Waals surface area contributed by atoms with Crippen LogP contribution in [0.2, 0.25) is 0 Å². The number of carbonyl (C=O) groups is 1. The summed E-state index contributed by atoms with van der Waals surface area (Å²) in [6.07, 6.45) is 3.13. The van der Waals surface area contributed by atoms with E-state index < -0.39 is 6.09 Å². The predicted octanol–water partition coefficient (Wildman–Crippen LogP) is -0.0383. The molecule has 0 spiro atoms. The summed E-state index contributed by atoms with van der Waals surface area (Å²) < 4.78 is 0. The molecule has 1 atom stereocenters. The maximum atomic E-state index is 10.6. The summed E-state index contributed by atoms with van der Waals surface area (Å²) in [5.74, 6) is 0. The van der Waals surface area contributed by atoms with Crippen molar-refractivity contribution in [1.29, 1.82) is 0 Å². The van der Waals surface area contributed by atoms with Crippen molar-refractivity contribution < 1.29 is 14.7 Å². The van der Waals surface area contributed by atoms with Crippen LogP contribution in [0.3, 0.4) is 0 Å². The summed E-state index contributed by atoms with van der Waals surface area (Å²) >= 11 is 0. The maximum Gasteiger partial charge on any atom is 0.407 e. The molecule has 2 aliphatic heterocycles. The Hall–Kier alpha value is -1.43. The zero-order chi connectivity index (χ0) is 9.26. The van der Waals surface area contributed by atoms with Gasteiger partial charge >= 0.3 is 6.09 Å². The molecule has 1 saturated heterocycles. The number of rotatable bonds is 1. The summed E-state index contributed by atoms with van der Waals surface area (Å²) in [6, 6.07) is 0.103. The number of hydrogen-bond donors (Lipinski definition) is 2. The third-order valence-corrected chi connectivity index (χ3v) is 2.21. The van der Waals surface area contributed by atoms with E-state index in [2.05, 4.69) is 5.43 Å². The molecule has 72 valence electrons. The average molecular weight is 185 g/mol. The quantitative estimate of drug-likeness (QED) is 0.600. The van der Waals surface area contributed by atoms with Gasteiger partial charge in [0.2, 0.25) is 0 Å². The van der Waals surface area contributed by atoms with Gasteiger partial charge in [-0.05, 0) is 6.42 Å². The first-order valence-electron chi connectivity index (χ1n) is 4.12. The minimum Gasteiger partial charge on any atom is -0.465 e. The molecule has 6 heteroatoms. The highest BCUT2D eigenvalue weighted by Gasteiger charge is 2.32. The van der Waals surface area contributed by atoms with E-state index in [1.807, 2.05) is 0 Å². The van der Waals surface area contributed by atoms with E-state index in [1.54, 1.807) is 11.4 Å². The lowest BCUT2D eigenvalue weighted by Crippen LogP contribution is -2.41.